The van der Waals surface area contributed by atoms with E-state index in [9.17, 15) is 9.59 Å². The molecule has 1 aliphatic heterocycles. The molecule has 1 amide bonds. The molecule has 4 rings (SSSR count). The maximum atomic E-state index is 12.8. The van der Waals surface area contributed by atoms with Crippen LogP contribution in [-0.2, 0) is 18.3 Å². The van der Waals surface area contributed by atoms with Gasteiger partial charge in [-0.1, -0.05) is 18.2 Å². The fourth-order valence-electron chi connectivity index (χ4n) is 4.27. The first-order valence-corrected chi connectivity index (χ1v) is 8.53. The third-order valence-electron chi connectivity index (χ3n) is 5.62. The van der Waals surface area contributed by atoms with Crippen molar-refractivity contribution in [2.45, 2.75) is 25.3 Å². The molecule has 0 radical (unpaired) electrons. The van der Waals surface area contributed by atoms with Crippen molar-refractivity contribution in [1.29, 1.82) is 0 Å². The molecule has 1 saturated heterocycles. The molecule has 7 heteroatoms. The second-order valence-corrected chi connectivity index (χ2v) is 7.06. The SMILES string of the molecule is Cl.Cn1nc(CC(=O)N2CC3CCC(N)C3C2)c2ccccc2c1=O. The number of aryl methyl sites for hydroxylation is 1. The Morgan fingerprint density at radius 3 is 2.68 bits per heavy atom. The summed E-state index contributed by atoms with van der Waals surface area (Å²) in [6, 6.07) is 7.58. The lowest BCUT2D eigenvalue weighted by Crippen LogP contribution is -2.35. The lowest BCUT2D eigenvalue weighted by atomic mass is 9.98. The number of nitrogens with two attached hydrogens (primary N) is 1. The van der Waals surface area contributed by atoms with Gasteiger partial charge in [0.2, 0.25) is 5.91 Å². The van der Waals surface area contributed by atoms with Crippen LogP contribution in [0.25, 0.3) is 10.8 Å². The van der Waals surface area contributed by atoms with Gasteiger partial charge in [-0.3, -0.25) is 9.59 Å². The van der Waals surface area contributed by atoms with Gasteiger partial charge in [-0.2, -0.15) is 5.10 Å². The van der Waals surface area contributed by atoms with E-state index in [0.29, 0.717) is 22.9 Å². The number of fused-ring (bicyclic) bond motifs is 2. The molecule has 1 aromatic carbocycles. The van der Waals surface area contributed by atoms with Crippen molar-refractivity contribution >= 4 is 29.1 Å². The number of carbonyl (C=O) groups is 1. The molecule has 1 aromatic heterocycles. The summed E-state index contributed by atoms with van der Waals surface area (Å²) < 4.78 is 1.32. The first-order valence-electron chi connectivity index (χ1n) is 8.53. The molecule has 2 heterocycles. The Balaban J connectivity index is 0.00000182. The highest BCUT2D eigenvalue weighted by molar-refractivity contribution is 5.88. The largest absolute Gasteiger partial charge is 0.342 e. The molecule has 6 nitrogen and oxygen atoms in total. The van der Waals surface area contributed by atoms with Crippen molar-refractivity contribution in [3.05, 3.63) is 40.3 Å². The Labute approximate surface area is 152 Å². The van der Waals surface area contributed by atoms with E-state index in [1.807, 2.05) is 23.1 Å². The zero-order chi connectivity index (χ0) is 16.8. The van der Waals surface area contributed by atoms with Crippen LogP contribution in [0.15, 0.2) is 29.1 Å². The minimum absolute atomic E-state index is 0. The van der Waals surface area contributed by atoms with E-state index in [1.165, 1.54) is 4.68 Å². The van der Waals surface area contributed by atoms with Crippen LogP contribution < -0.4 is 11.3 Å². The van der Waals surface area contributed by atoms with Gasteiger partial charge in [0.1, 0.15) is 0 Å². The average Bonchev–Trinajstić information content (AvgIpc) is 3.15. The Kier molecular flexibility index (Phi) is 4.84. The number of rotatable bonds is 2. The van der Waals surface area contributed by atoms with Crippen molar-refractivity contribution in [3.63, 3.8) is 0 Å². The van der Waals surface area contributed by atoms with Gasteiger partial charge in [0.15, 0.2) is 0 Å². The Hall–Kier alpha value is -1.92. The number of amides is 1. The Bertz CT molecular complexity index is 866. The van der Waals surface area contributed by atoms with Gasteiger partial charge in [-0.15, -0.1) is 12.4 Å². The summed E-state index contributed by atoms with van der Waals surface area (Å²) in [5.41, 5.74) is 6.69. The minimum atomic E-state index is -0.136. The van der Waals surface area contributed by atoms with E-state index in [0.717, 1.165) is 31.3 Å². The highest BCUT2D eigenvalue weighted by Crippen LogP contribution is 2.37. The highest BCUT2D eigenvalue weighted by Gasteiger charge is 2.42. The summed E-state index contributed by atoms with van der Waals surface area (Å²) in [6.07, 6.45) is 2.42. The Morgan fingerprint density at radius 1 is 1.24 bits per heavy atom. The third-order valence-corrected chi connectivity index (χ3v) is 5.62. The average molecular weight is 363 g/mol. The second-order valence-electron chi connectivity index (χ2n) is 7.06. The normalized spacial score (nSPS) is 25.0. The van der Waals surface area contributed by atoms with Crippen LogP contribution in [0.1, 0.15) is 18.5 Å². The molecular formula is C18H23ClN4O2. The molecule has 2 aromatic rings. The van der Waals surface area contributed by atoms with Crippen LogP contribution in [0, 0.1) is 11.8 Å². The Morgan fingerprint density at radius 2 is 1.96 bits per heavy atom. The molecule has 1 saturated carbocycles. The van der Waals surface area contributed by atoms with Gasteiger partial charge in [0.25, 0.3) is 5.56 Å². The molecule has 1 aliphatic carbocycles. The molecule has 3 unspecified atom stereocenters. The van der Waals surface area contributed by atoms with Gasteiger partial charge in [-0.05, 0) is 30.7 Å². The first kappa shape index (κ1) is 17.9. The predicted octanol–water partition coefficient (Wildman–Crippen LogP) is 1.09. The monoisotopic (exact) mass is 362 g/mol. The zero-order valence-electron chi connectivity index (χ0n) is 14.2. The van der Waals surface area contributed by atoms with E-state index >= 15 is 0 Å². The highest BCUT2D eigenvalue weighted by atomic mass is 35.5. The van der Waals surface area contributed by atoms with Crippen molar-refractivity contribution in [2.75, 3.05) is 13.1 Å². The molecular weight excluding hydrogens is 340 g/mol. The number of hydrogen-bond donors (Lipinski definition) is 1. The summed E-state index contributed by atoms with van der Waals surface area (Å²) in [5.74, 6) is 1.07. The lowest BCUT2D eigenvalue weighted by molar-refractivity contribution is -0.129. The summed E-state index contributed by atoms with van der Waals surface area (Å²) in [6.45, 7) is 1.56. The molecule has 25 heavy (non-hydrogen) atoms. The molecule has 2 N–H and O–H groups in total. The van der Waals surface area contributed by atoms with Gasteiger partial charge >= 0.3 is 0 Å². The van der Waals surface area contributed by atoms with E-state index in [-0.39, 0.29) is 36.3 Å². The van der Waals surface area contributed by atoms with Crippen LogP contribution in [0.3, 0.4) is 0 Å². The van der Waals surface area contributed by atoms with E-state index < -0.39 is 0 Å². The van der Waals surface area contributed by atoms with Crippen LogP contribution in [-0.4, -0.2) is 39.7 Å². The third kappa shape index (κ3) is 3.04. The van der Waals surface area contributed by atoms with Gasteiger partial charge in [0.05, 0.1) is 17.5 Å². The van der Waals surface area contributed by atoms with Crippen LogP contribution in [0.5, 0.6) is 0 Å². The summed E-state index contributed by atoms with van der Waals surface area (Å²) in [5, 5.41) is 5.71. The maximum Gasteiger partial charge on any atom is 0.274 e. The van der Waals surface area contributed by atoms with Gasteiger partial charge in [0, 0.05) is 31.6 Å². The van der Waals surface area contributed by atoms with Gasteiger partial charge in [-0.25, -0.2) is 4.68 Å². The summed E-state index contributed by atoms with van der Waals surface area (Å²) in [4.78, 5) is 26.9. The molecule has 0 spiro atoms. The number of halogens is 1. The van der Waals surface area contributed by atoms with Crippen molar-refractivity contribution in [3.8, 4) is 0 Å². The lowest BCUT2D eigenvalue weighted by Gasteiger charge is -2.19. The van der Waals surface area contributed by atoms with Gasteiger partial charge < -0.3 is 10.6 Å². The van der Waals surface area contributed by atoms with Crippen LogP contribution in [0.4, 0.5) is 0 Å². The minimum Gasteiger partial charge on any atom is -0.342 e. The molecule has 3 atom stereocenters. The standard InChI is InChI=1S/C18H22N4O2.ClH/c1-21-18(24)13-5-3-2-4-12(13)16(20-21)8-17(23)22-9-11-6-7-15(19)14(11)10-22;/h2-5,11,14-15H,6-10,19H2,1H3;1H. The van der Waals surface area contributed by atoms with Crippen LogP contribution in [0.2, 0.25) is 0 Å². The number of hydrogen-bond acceptors (Lipinski definition) is 4. The number of carbonyl (C=O) groups excluding carboxylic acids is 1. The second kappa shape index (κ2) is 6.77. The maximum absolute atomic E-state index is 12.8. The number of aromatic nitrogens is 2. The summed E-state index contributed by atoms with van der Waals surface area (Å²) >= 11 is 0. The van der Waals surface area contributed by atoms with Crippen molar-refractivity contribution < 1.29 is 4.79 Å². The van der Waals surface area contributed by atoms with Crippen molar-refractivity contribution in [1.82, 2.24) is 14.7 Å². The van der Waals surface area contributed by atoms with Crippen LogP contribution >= 0.6 is 12.4 Å². The quantitative estimate of drug-likeness (QED) is 0.867. The molecule has 134 valence electrons. The van der Waals surface area contributed by atoms with E-state index in [4.69, 9.17) is 5.73 Å². The molecule has 2 aliphatic rings. The number of nitrogens with zero attached hydrogens (tertiary/aromatic N) is 3. The number of benzene rings is 1. The topological polar surface area (TPSA) is 81.2 Å². The fraction of sp³-hybridized carbons (Fsp3) is 0.500. The number of likely N-dealkylation sites (tertiary alicyclic amines) is 1. The summed E-state index contributed by atoms with van der Waals surface area (Å²) in [7, 11) is 1.63. The van der Waals surface area contributed by atoms with E-state index in [2.05, 4.69) is 5.10 Å². The first-order chi connectivity index (χ1) is 11.5. The van der Waals surface area contributed by atoms with E-state index in [1.54, 1.807) is 13.1 Å². The predicted molar refractivity (Wildman–Crippen MR) is 98.7 cm³/mol. The smallest absolute Gasteiger partial charge is 0.274 e. The molecule has 2 fully saturated rings. The zero-order valence-corrected chi connectivity index (χ0v) is 15.0. The van der Waals surface area contributed by atoms with Crippen molar-refractivity contribution in [2.24, 2.45) is 24.6 Å². The molecule has 0 bridgehead atoms. The fourth-order valence-corrected chi connectivity index (χ4v) is 4.27.